The number of amides is 1. The summed E-state index contributed by atoms with van der Waals surface area (Å²) in [4.78, 5) is 15.3. The van der Waals surface area contributed by atoms with E-state index >= 15 is 0 Å². The topological polar surface area (TPSA) is 20.3 Å². The van der Waals surface area contributed by atoms with E-state index in [-0.39, 0.29) is 11.9 Å². The lowest BCUT2D eigenvalue weighted by Gasteiger charge is -2.37. The van der Waals surface area contributed by atoms with Gasteiger partial charge in [-0.1, -0.05) is 103 Å². The number of benzene rings is 3. The summed E-state index contributed by atoms with van der Waals surface area (Å²) >= 11 is 0. The molecule has 1 aliphatic heterocycles. The Bertz CT molecular complexity index is 948. The fourth-order valence-corrected chi connectivity index (χ4v) is 4.15. The molecule has 0 radical (unpaired) electrons. The largest absolute Gasteiger partial charge is 0.338 e. The smallest absolute Gasteiger partial charge is 0.227 e. The van der Waals surface area contributed by atoms with E-state index in [9.17, 15) is 4.79 Å². The first kappa shape index (κ1) is 19.2. The molecule has 3 aromatic rings. The fraction of sp³-hybridized carbons (Fsp3) is 0.222. The second kappa shape index (κ2) is 9.38. The van der Waals surface area contributed by atoms with E-state index in [1.165, 1.54) is 16.7 Å². The summed E-state index contributed by atoms with van der Waals surface area (Å²) in [5, 5.41) is 0. The zero-order valence-corrected chi connectivity index (χ0v) is 16.7. The molecule has 3 aromatic carbocycles. The van der Waals surface area contributed by atoms with E-state index in [4.69, 9.17) is 0 Å². The van der Waals surface area contributed by atoms with Crippen LogP contribution in [0, 0.1) is 0 Å². The van der Waals surface area contributed by atoms with Crippen molar-refractivity contribution in [2.45, 2.75) is 31.7 Å². The van der Waals surface area contributed by atoms with E-state index in [1.54, 1.807) is 0 Å². The normalized spacial score (nSPS) is 18.0. The molecule has 0 spiro atoms. The molecule has 0 bridgehead atoms. The van der Waals surface area contributed by atoms with Gasteiger partial charge in [-0.3, -0.25) is 4.79 Å². The summed E-state index contributed by atoms with van der Waals surface area (Å²) in [5.41, 5.74) is 5.04. The average molecular weight is 382 g/mol. The Labute approximate surface area is 173 Å². The van der Waals surface area contributed by atoms with Gasteiger partial charge in [0, 0.05) is 12.6 Å². The summed E-state index contributed by atoms with van der Waals surface area (Å²) in [5.74, 6) is 0.232. The Morgan fingerprint density at radius 3 is 2.07 bits per heavy atom. The van der Waals surface area contributed by atoms with Gasteiger partial charge in [0.25, 0.3) is 0 Å². The third-order valence-electron chi connectivity index (χ3n) is 5.62. The highest BCUT2D eigenvalue weighted by atomic mass is 16.2. The van der Waals surface area contributed by atoms with E-state index in [0.29, 0.717) is 6.42 Å². The molecule has 1 saturated heterocycles. The van der Waals surface area contributed by atoms with Crippen LogP contribution in [0.15, 0.2) is 96.6 Å². The molecule has 4 rings (SSSR count). The van der Waals surface area contributed by atoms with Crippen molar-refractivity contribution in [1.29, 1.82) is 0 Å². The van der Waals surface area contributed by atoms with Crippen LogP contribution in [-0.2, 0) is 17.6 Å². The molecule has 1 amide bonds. The SMILES string of the molecule is O=C(Cc1ccccc1)N1CC/C(=C\c2ccccc2)CC1Cc1ccccc1. The Morgan fingerprint density at radius 1 is 0.828 bits per heavy atom. The van der Waals surface area contributed by atoms with Gasteiger partial charge in [0.05, 0.1) is 6.42 Å². The molecule has 1 heterocycles. The molecule has 2 nitrogen and oxygen atoms in total. The number of nitrogens with zero attached hydrogens (tertiary/aromatic N) is 1. The lowest BCUT2D eigenvalue weighted by atomic mass is 9.90. The molecule has 1 atom stereocenters. The highest BCUT2D eigenvalue weighted by Crippen LogP contribution is 2.27. The summed E-state index contributed by atoms with van der Waals surface area (Å²) in [7, 11) is 0. The van der Waals surface area contributed by atoms with Gasteiger partial charge in [-0.2, -0.15) is 0 Å². The van der Waals surface area contributed by atoms with Gasteiger partial charge in [0.2, 0.25) is 5.91 Å². The molecule has 1 fully saturated rings. The van der Waals surface area contributed by atoms with Gasteiger partial charge >= 0.3 is 0 Å². The Hall–Kier alpha value is -3.13. The summed E-state index contributed by atoms with van der Waals surface area (Å²) < 4.78 is 0. The molecule has 0 aromatic heterocycles. The van der Waals surface area contributed by atoms with Gasteiger partial charge in [-0.05, 0) is 36.0 Å². The van der Waals surface area contributed by atoms with Gasteiger partial charge in [0.1, 0.15) is 0 Å². The van der Waals surface area contributed by atoms with Gasteiger partial charge < -0.3 is 4.90 Å². The lowest BCUT2D eigenvalue weighted by Crippen LogP contribution is -2.46. The van der Waals surface area contributed by atoms with Gasteiger partial charge in [0.15, 0.2) is 0 Å². The predicted molar refractivity (Wildman–Crippen MR) is 119 cm³/mol. The maximum atomic E-state index is 13.1. The van der Waals surface area contributed by atoms with Gasteiger partial charge in [-0.25, -0.2) is 0 Å². The number of likely N-dealkylation sites (tertiary alicyclic amines) is 1. The van der Waals surface area contributed by atoms with Crippen molar-refractivity contribution in [2.75, 3.05) is 6.54 Å². The molecule has 1 unspecified atom stereocenters. The van der Waals surface area contributed by atoms with Crippen LogP contribution >= 0.6 is 0 Å². The van der Waals surface area contributed by atoms with Crippen LogP contribution in [0.4, 0.5) is 0 Å². The average Bonchev–Trinajstić information content (AvgIpc) is 2.76. The van der Waals surface area contributed by atoms with Crippen molar-refractivity contribution in [3.8, 4) is 0 Å². The summed E-state index contributed by atoms with van der Waals surface area (Å²) in [6, 6.07) is 31.3. The maximum Gasteiger partial charge on any atom is 0.227 e. The monoisotopic (exact) mass is 381 g/mol. The molecule has 0 saturated carbocycles. The van der Waals surface area contributed by atoms with Crippen LogP contribution < -0.4 is 0 Å². The number of carbonyl (C=O) groups is 1. The maximum absolute atomic E-state index is 13.1. The number of hydrogen-bond acceptors (Lipinski definition) is 1. The first-order valence-corrected chi connectivity index (χ1v) is 10.4. The Morgan fingerprint density at radius 2 is 1.41 bits per heavy atom. The van der Waals surface area contributed by atoms with Crippen molar-refractivity contribution in [3.63, 3.8) is 0 Å². The number of piperidine rings is 1. The predicted octanol–water partition coefficient (Wildman–Crippen LogP) is 5.55. The summed E-state index contributed by atoms with van der Waals surface area (Å²) in [6.07, 6.45) is 5.55. The molecule has 146 valence electrons. The second-order valence-corrected chi connectivity index (χ2v) is 7.76. The minimum absolute atomic E-state index is 0.206. The summed E-state index contributed by atoms with van der Waals surface area (Å²) in [6.45, 7) is 0.793. The molecule has 2 heteroatoms. The van der Waals surface area contributed by atoms with Gasteiger partial charge in [-0.15, -0.1) is 0 Å². The fourth-order valence-electron chi connectivity index (χ4n) is 4.15. The van der Waals surface area contributed by atoms with Crippen LogP contribution in [0.1, 0.15) is 29.5 Å². The minimum atomic E-state index is 0.206. The second-order valence-electron chi connectivity index (χ2n) is 7.76. The highest BCUT2D eigenvalue weighted by molar-refractivity contribution is 5.79. The molecule has 1 aliphatic rings. The van der Waals surface area contributed by atoms with Crippen LogP contribution in [0.2, 0.25) is 0 Å². The standard InChI is InChI=1S/C27H27NO/c29-27(21-24-14-8-3-9-15-24)28-17-16-25(18-22-10-4-1-5-11-22)20-26(28)19-23-12-6-2-7-13-23/h1-15,18,26H,16-17,19-21H2/b25-18+. The van der Waals surface area contributed by atoms with Crippen molar-refractivity contribution >= 4 is 12.0 Å². The van der Waals surface area contributed by atoms with Crippen molar-refractivity contribution in [2.24, 2.45) is 0 Å². The van der Waals surface area contributed by atoms with E-state index in [0.717, 1.165) is 31.4 Å². The van der Waals surface area contributed by atoms with Crippen LogP contribution in [0.5, 0.6) is 0 Å². The number of carbonyl (C=O) groups excluding carboxylic acids is 1. The van der Waals surface area contributed by atoms with Crippen LogP contribution in [0.3, 0.4) is 0 Å². The lowest BCUT2D eigenvalue weighted by molar-refractivity contribution is -0.133. The molecule has 0 N–H and O–H groups in total. The number of hydrogen-bond donors (Lipinski definition) is 0. The first-order chi connectivity index (χ1) is 14.3. The highest BCUT2D eigenvalue weighted by Gasteiger charge is 2.28. The van der Waals surface area contributed by atoms with E-state index < -0.39 is 0 Å². The Balaban J connectivity index is 1.53. The van der Waals surface area contributed by atoms with Crippen molar-refractivity contribution in [3.05, 3.63) is 113 Å². The first-order valence-electron chi connectivity index (χ1n) is 10.4. The third-order valence-corrected chi connectivity index (χ3v) is 5.62. The van der Waals surface area contributed by atoms with Crippen LogP contribution in [0.25, 0.3) is 6.08 Å². The van der Waals surface area contributed by atoms with E-state index in [2.05, 4.69) is 59.5 Å². The quantitative estimate of drug-likeness (QED) is 0.568. The van der Waals surface area contributed by atoms with Crippen molar-refractivity contribution < 1.29 is 4.79 Å². The molecular weight excluding hydrogens is 354 g/mol. The zero-order chi connectivity index (χ0) is 19.9. The number of rotatable bonds is 5. The molecular formula is C27H27NO. The third kappa shape index (κ3) is 5.23. The Kier molecular flexibility index (Phi) is 6.21. The molecule has 29 heavy (non-hydrogen) atoms. The molecule has 0 aliphatic carbocycles. The van der Waals surface area contributed by atoms with Crippen molar-refractivity contribution in [1.82, 2.24) is 4.90 Å². The van der Waals surface area contributed by atoms with E-state index in [1.807, 2.05) is 42.5 Å². The van der Waals surface area contributed by atoms with Crippen LogP contribution in [-0.4, -0.2) is 23.4 Å². The minimum Gasteiger partial charge on any atom is -0.338 e. The zero-order valence-electron chi connectivity index (χ0n) is 16.7.